The Morgan fingerprint density at radius 1 is 1.29 bits per heavy atom. The normalized spacial score (nSPS) is 16.4. The van der Waals surface area contributed by atoms with E-state index in [9.17, 15) is 4.79 Å². The first-order valence-corrected chi connectivity index (χ1v) is 6.82. The molecule has 2 aromatic rings. The first kappa shape index (κ1) is 13.2. The number of amides is 1. The van der Waals surface area contributed by atoms with Gasteiger partial charge in [0.25, 0.3) is 5.91 Å². The van der Waals surface area contributed by atoms with Crippen molar-refractivity contribution in [2.45, 2.75) is 19.4 Å². The molecular formula is C17H15N3O. The lowest BCUT2D eigenvalue weighted by Gasteiger charge is -2.22. The van der Waals surface area contributed by atoms with E-state index in [0.717, 1.165) is 17.7 Å². The van der Waals surface area contributed by atoms with Crippen LogP contribution in [0.1, 0.15) is 28.4 Å². The molecule has 0 radical (unpaired) electrons. The van der Waals surface area contributed by atoms with Crippen molar-refractivity contribution in [1.29, 1.82) is 5.26 Å². The van der Waals surface area contributed by atoms with E-state index >= 15 is 0 Å². The molecule has 0 saturated heterocycles. The van der Waals surface area contributed by atoms with Crippen LogP contribution in [0.2, 0.25) is 0 Å². The van der Waals surface area contributed by atoms with Crippen molar-refractivity contribution in [2.24, 2.45) is 0 Å². The first-order valence-electron chi connectivity index (χ1n) is 6.82. The monoisotopic (exact) mass is 277 g/mol. The van der Waals surface area contributed by atoms with Crippen molar-refractivity contribution in [2.75, 3.05) is 10.6 Å². The Morgan fingerprint density at radius 3 is 2.67 bits per heavy atom. The number of carbonyl (C=O) groups excluding carboxylic acids is 1. The van der Waals surface area contributed by atoms with E-state index in [1.807, 2.05) is 25.1 Å². The second-order valence-electron chi connectivity index (χ2n) is 5.31. The summed E-state index contributed by atoms with van der Waals surface area (Å²) in [6.45, 7) is 2.03. The predicted octanol–water partition coefficient (Wildman–Crippen LogP) is 2.73. The van der Waals surface area contributed by atoms with Crippen molar-refractivity contribution >= 4 is 17.3 Å². The minimum atomic E-state index is -0.0458. The number of nitrogens with two attached hydrogens (primary N) is 1. The fourth-order valence-corrected chi connectivity index (χ4v) is 2.79. The first-order chi connectivity index (χ1) is 10.1. The third-order valence-corrected chi connectivity index (χ3v) is 3.80. The zero-order chi connectivity index (χ0) is 15.0. The lowest BCUT2D eigenvalue weighted by atomic mass is 10.1. The summed E-state index contributed by atoms with van der Waals surface area (Å²) in [5.41, 5.74) is 9.69. The molecular weight excluding hydrogens is 262 g/mol. The van der Waals surface area contributed by atoms with Gasteiger partial charge in [-0.3, -0.25) is 4.79 Å². The number of hydrogen-bond acceptors (Lipinski definition) is 3. The number of rotatable bonds is 1. The number of carbonyl (C=O) groups is 1. The molecule has 0 fully saturated rings. The van der Waals surface area contributed by atoms with Crippen LogP contribution in [-0.2, 0) is 6.42 Å². The molecule has 0 bridgehead atoms. The molecule has 3 rings (SSSR count). The molecule has 2 N–H and O–H groups in total. The molecule has 0 aromatic heterocycles. The minimum absolute atomic E-state index is 0.0458. The van der Waals surface area contributed by atoms with E-state index in [1.54, 1.807) is 29.2 Å². The SMILES string of the molecule is CC1Cc2cc(N)ccc2N1C(=O)c1ccc(C#N)cc1. The standard InChI is InChI=1S/C17H15N3O/c1-11-8-14-9-15(19)6-7-16(14)20(11)17(21)13-4-2-12(10-18)3-5-13/h2-7,9,11H,8,19H2,1H3. The Kier molecular flexibility index (Phi) is 3.11. The number of nitrogen functional groups attached to an aromatic ring is 1. The highest BCUT2D eigenvalue weighted by molar-refractivity contribution is 6.07. The predicted molar refractivity (Wildman–Crippen MR) is 82.0 cm³/mol. The average Bonchev–Trinajstić information content (AvgIpc) is 2.81. The Hall–Kier alpha value is -2.80. The van der Waals surface area contributed by atoms with E-state index in [1.165, 1.54) is 0 Å². The van der Waals surface area contributed by atoms with Gasteiger partial charge in [-0.15, -0.1) is 0 Å². The maximum absolute atomic E-state index is 12.7. The number of anilines is 2. The van der Waals surface area contributed by atoms with E-state index in [4.69, 9.17) is 11.0 Å². The van der Waals surface area contributed by atoms with E-state index in [-0.39, 0.29) is 11.9 Å². The molecule has 1 heterocycles. The number of fused-ring (bicyclic) bond motifs is 1. The fraction of sp³-hybridized carbons (Fsp3) is 0.176. The fourth-order valence-electron chi connectivity index (χ4n) is 2.79. The zero-order valence-corrected chi connectivity index (χ0v) is 11.7. The molecule has 104 valence electrons. The van der Waals surface area contributed by atoms with Gasteiger partial charge in [0.15, 0.2) is 0 Å². The van der Waals surface area contributed by atoms with Crippen molar-refractivity contribution in [3.05, 3.63) is 59.2 Å². The summed E-state index contributed by atoms with van der Waals surface area (Å²) in [7, 11) is 0. The molecule has 1 unspecified atom stereocenters. The van der Waals surface area contributed by atoms with Crippen LogP contribution < -0.4 is 10.6 Å². The summed E-state index contributed by atoms with van der Waals surface area (Å²) in [6, 6.07) is 14.5. The maximum atomic E-state index is 12.7. The van der Waals surface area contributed by atoms with Crippen molar-refractivity contribution < 1.29 is 4.79 Å². The summed E-state index contributed by atoms with van der Waals surface area (Å²) < 4.78 is 0. The number of nitrogens with zero attached hydrogens (tertiary/aromatic N) is 2. The number of benzene rings is 2. The largest absolute Gasteiger partial charge is 0.399 e. The lowest BCUT2D eigenvalue weighted by molar-refractivity contribution is 0.0981. The van der Waals surface area contributed by atoms with E-state index < -0.39 is 0 Å². The smallest absolute Gasteiger partial charge is 0.258 e. The van der Waals surface area contributed by atoms with Gasteiger partial charge in [0, 0.05) is 23.0 Å². The van der Waals surface area contributed by atoms with Gasteiger partial charge in [-0.1, -0.05) is 0 Å². The third kappa shape index (κ3) is 2.23. The summed E-state index contributed by atoms with van der Waals surface area (Å²) in [5.74, 6) is -0.0458. The van der Waals surface area contributed by atoms with Gasteiger partial charge in [-0.25, -0.2) is 0 Å². The van der Waals surface area contributed by atoms with Crippen molar-refractivity contribution in [1.82, 2.24) is 0 Å². The molecule has 4 nitrogen and oxygen atoms in total. The van der Waals surface area contributed by atoms with Gasteiger partial charge in [-0.05, 0) is 61.4 Å². The molecule has 1 amide bonds. The van der Waals surface area contributed by atoms with Crippen LogP contribution in [0.25, 0.3) is 0 Å². The van der Waals surface area contributed by atoms with E-state index in [0.29, 0.717) is 16.8 Å². The average molecular weight is 277 g/mol. The Balaban J connectivity index is 1.97. The molecule has 0 saturated carbocycles. The molecule has 1 aliphatic heterocycles. The molecule has 0 spiro atoms. The molecule has 1 atom stereocenters. The van der Waals surface area contributed by atoms with Gasteiger partial charge < -0.3 is 10.6 Å². The van der Waals surface area contributed by atoms with Crippen molar-refractivity contribution in [3.63, 3.8) is 0 Å². The topological polar surface area (TPSA) is 70.1 Å². The molecule has 1 aliphatic rings. The van der Waals surface area contributed by atoms with Crippen LogP contribution in [0.3, 0.4) is 0 Å². The molecule has 2 aromatic carbocycles. The minimum Gasteiger partial charge on any atom is -0.399 e. The van der Waals surface area contributed by atoms with Crippen LogP contribution in [-0.4, -0.2) is 11.9 Å². The van der Waals surface area contributed by atoms with Gasteiger partial charge >= 0.3 is 0 Å². The second kappa shape index (κ2) is 4.95. The van der Waals surface area contributed by atoms with Crippen molar-refractivity contribution in [3.8, 4) is 6.07 Å². The highest BCUT2D eigenvalue weighted by atomic mass is 16.2. The van der Waals surface area contributed by atoms with Gasteiger partial charge in [0.1, 0.15) is 0 Å². The van der Waals surface area contributed by atoms with Gasteiger partial charge in [0.05, 0.1) is 11.6 Å². The number of nitriles is 1. The Bertz CT molecular complexity index is 744. The van der Waals surface area contributed by atoms with Crippen LogP contribution in [0.4, 0.5) is 11.4 Å². The van der Waals surface area contributed by atoms with Crippen LogP contribution in [0.15, 0.2) is 42.5 Å². The Morgan fingerprint density at radius 2 is 2.00 bits per heavy atom. The Labute approximate surface area is 123 Å². The highest BCUT2D eigenvalue weighted by Crippen LogP contribution is 2.34. The summed E-state index contributed by atoms with van der Waals surface area (Å²) in [5, 5.41) is 8.82. The molecule has 4 heteroatoms. The van der Waals surface area contributed by atoms with Crippen LogP contribution in [0.5, 0.6) is 0 Å². The molecule has 21 heavy (non-hydrogen) atoms. The van der Waals surface area contributed by atoms with Gasteiger partial charge in [-0.2, -0.15) is 5.26 Å². The summed E-state index contributed by atoms with van der Waals surface area (Å²) in [6.07, 6.45) is 0.808. The highest BCUT2D eigenvalue weighted by Gasteiger charge is 2.31. The molecule has 0 aliphatic carbocycles. The number of hydrogen-bond donors (Lipinski definition) is 1. The maximum Gasteiger partial charge on any atom is 0.258 e. The summed E-state index contributed by atoms with van der Waals surface area (Å²) >= 11 is 0. The van der Waals surface area contributed by atoms with Gasteiger partial charge in [0.2, 0.25) is 0 Å². The third-order valence-electron chi connectivity index (χ3n) is 3.80. The second-order valence-corrected chi connectivity index (χ2v) is 5.31. The quantitative estimate of drug-likeness (QED) is 0.815. The van der Waals surface area contributed by atoms with Crippen LogP contribution in [0, 0.1) is 11.3 Å². The summed E-state index contributed by atoms with van der Waals surface area (Å²) in [4.78, 5) is 14.5. The van der Waals surface area contributed by atoms with E-state index in [2.05, 4.69) is 6.07 Å². The lowest BCUT2D eigenvalue weighted by Crippen LogP contribution is -2.35. The zero-order valence-electron chi connectivity index (χ0n) is 11.7. The van der Waals surface area contributed by atoms with Crippen LogP contribution >= 0.6 is 0 Å².